The molecule has 122 valence electrons. The molecular weight excluding hydrogens is 390 g/mol. The molecule has 0 aliphatic heterocycles. The lowest BCUT2D eigenvalue weighted by atomic mass is 10.3. The summed E-state index contributed by atoms with van der Waals surface area (Å²) >= 11 is 28.6. The maximum Gasteiger partial charge on any atom is 0.318 e. The van der Waals surface area contributed by atoms with Crippen molar-refractivity contribution < 1.29 is 4.79 Å². The van der Waals surface area contributed by atoms with Crippen molar-refractivity contribution in [1.82, 2.24) is 15.5 Å². The standard InChI is InChI=1S/C12H14Cl4N4OS/c1-20(2)11(21)19-9(12(14,15)16)18-10(22)17-8-5-3-4-7(13)6-8/h3-6,9H,1-2H3,(H,19,21)(H2,17,18,22)/t9-/m1/s1. The van der Waals surface area contributed by atoms with Crippen molar-refractivity contribution >= 4 is 75.5 Å². The second kappa shape index (κ2) is 8.26. The van der Waals surface area contributed by atoms with Gasteiger partial charge in [0, 0.05) is 24.8 Å². The van der Waals surface area contributed by atoms with Crippen LogP contribution in [0, 0.1) is 0 Å². The fraction of sp³-hybridized carbons (Fsp3) is 0.333. The molecule has 1 rings (SSSR count). The van der Waals surface area contributed by atoms with Gasteiger partial charge >= 0.3 is 6.03 Å². The summed E-state index contributed by atoms with van der Waals surface area (Å²) in [5, 5.41) is 8.84. The molecule has 0 aromatic heterocycles. The van der Waals surface area contributed by atoms with Crippen LogP contribution in [0.25, 0.3) is 0 Å². The van der Waals surface area contributed by atoms with Crippen LogP contribution in [0.3, 0.4) is 0 Å². The number of alkyl halides is 3. The fourth-order valence-corrected chi connectivity index (χ4v) is 2.07. The molecule has 2 amide bonds. The number of hydrogen-bond donors (Lipinski definition) is 3. The van der Waals surface area contributed by atoms with E-state index in [1.54, 1.807) is 38.4 Å². The summed E-state index contributed by atoms with van der Waals surface area (Å²) in [6, 6.07) is 6.49. The highest BCUT2D eigenvalue weighted by molar-refractivity contribution is 7.80. The number of urea groups is 1. The van der Waals surface area contributed by atoms with Crippen LogP contribution in [-0.2, 0) is 0 Å². The molecule has 0 aliphatic carbocycles. The number of rotatable bonds is 3. The highest BCUT2D eigenvalue weighted by Crippen LogP contribution is 2.29. The van der Waals surface area contributed by atoms with Crippen molar-refractivity contribution in [2.45, 2.75) is 9.96 Å². The van der Waals surface area contributed by atoms with Crippen molar-refractivity contribution in [3.05, 3.63) is 29.3 Å². The predicted octanol–water partition coefficient (Wildman–Crippen LogP) is 3.59. The van der Waals surface area contributed by atoms with Gasteiger partial charge in [0.2, 0.25) is 3.79 Å². The largest absolute Gasteiger partial charge is 0.339 e. The van der Waals surface area contributed by atoms with E-state index < -0.39 is 16.0 Å². The molecule has 1 aromatic carbocycles. The number of nitrogens with zero attached hydrogens (tertiary/aromatic N) is 1. The van der Waals surface area contributed by atoms with Gasteiger partial charge in [0.1, 0.15) is 0 Å². The van der Waals surface area contributed by atoms with Crippen molar-refractivity contribution in [2.75, 3.05) is 19.4 Å². The van der Waals surface area contributed by atoms with Gasteiger partial charge in [-0.2, -0.15) is 0 Å². The molecule has 0 aliphatic rings. The van der Waals surface area contributed by atoms with E-state index in [0.29, 0.717) is 10.7 Å². The molecule has 0 spiro atoms. The maximum absolute atomic E-state index is 11.7. The Labute approximate surface area is 154 Å². The van der Waals surface area contributed by atoms with Crippen molar-refractivity contribution in [3.63, 3.8) is 0 Å². The Balaban J connectivity index is 2.73. The van der Waals surface area contributed by atoms with E-state index in [0.717, 1.165) is 0 Å². The first-order chi connectivity index (χ1) is 10.1. The lowest BCUT2D eigenvalue weighted by Crippen LogP contribution is -2.57. The minimum Gasteiger partial charge on any atom is -0.339 e. The minimum atomic E-state index is -1.80. The van der Waals surface area contributed by atoms with Crippen LogP contribution in [-0.4, -0.2) is 40.1 Å². The predicted molar refractivity (Wildman–Crippen MR) is 97.1 cm³/mol. The van der Waals surface area contributed by atoms with E-state index in [1.165, 1.54) is 4.90 Å². The Morgan fingerprint density at radius 1 is 1.27 bits per heavy atom. The van der Waals surface area contributed by atoms with Crippen molar-refractivity contribution in [2.24, 2.45) is 0 Å². The van der Waals surface area contributed by atoms with E-state index in [4.69, 9.17) is 58.6 Å². The zero-order valence-electron chi connectivity index (χ0n) is 11.7. The van der Waals surface area contributed by atoms with Crippen LogP contribution < -0.4 is 16.0 Å². The molecule has 22 heavy (non-hydrogen) atoms. The topological polar surface area (TPSA) is 56.4 Å². The Morgan fingerprint density at radius 2 is 1.91 bits per heavy atom. The average molecular weight is 404 g/mol. The summed E-state index contributed by atoms with van der Waals surface area (Å²) in [5.74, 6) is 0. The molecule has 0 unspecified atom stereocenters. The molecule has 0 radical (unpaired) electrons. The molecule has 0 saturated carbocycles. The van der Waals surface area contributed by atoms with Crippen molar-refractivity contribution in [1.29, 1.82) is 0 Å². The van der Waals surface area contributed by atoms with E-state index >= 15 is 0 Å². The number of anilines is 1. The SMILES string of the molecule is CN(C)C(=O)N[C@@H](NC(=S)Nc1cccc(Cl)c1)C(Cl)(Cl)Cl. The summed E-state index contributed by atoms with van der Waals surface area (Å²) in [6.45, 7) is 0. The van der Waals surface area contributed by atoms with Crippen LogP contribution in [0.2, 0.25) is 5.02 Å². The van der Waals surface area contributed by atoms with Crippen molar-refractivity contribution in [3.8, 4) is 0 Å². The third-order valence-corrected chi connectivity index (χ3v) is 3.47. The summed E-state index contributed by atoms with van der Waals surface area (Å²) in [4.78, 5) is 13.0. The number of carbonyl (C=O) groups is 1. The molecule has 0 fully saturated rings. The normalized spacial score (nSPS) is 12.3. The van der Waals surface area contributed by atoms with E-state index in [9.17, 15) is 4.79 Å². The summed E-state index contributed by atoms with van der Waals surface area (Å²) in [5.41, 5.74) is 0.659. The van der Waals surface area contributed by atoms with E-state index in [2.05, 4.69) is 16.0 Å². The number of benzene rings is 1. The van der Waals surface area contributed by atoms with Gasteiger partial charge in [-0.25, -0.2) is 4.79 Å². The molecular formula is C12H14Cl4N4OS. The Kier molecular flexibility index (Phi) is 7.28. The number of thiocarbonyl (C=S) groups is 1. The molecule has 3 N–H and O–H groups in total. The Hall–Kier alpha value is -0.660. The van der Waals surface area contributed by atoms with Gasteiger partial charge in [-0.15, -0.1) is 0 Å². The number of halogens is 4. The highest BCUT2D eigenvalue weighted by Gasteiger charge is 2.35. The quantitative estimate of drug-likeness (QED) is 0.410. The molecule has 0 saturated heterocycles. The molecule has 0 heterocycles. The third kappa shape index (κ3) is 6.62. The van der Waals surface area contributed by atoms with Gasteiger partial charge in [0.25, 0.3) is 0 Å². The molecule has 1 aromatic rings. The van der Waals surface area contributed by atoms with Gasteiger partial charge in [-0.1, -0.05) is 52.5 Å². The maximum atomic E-state index is 11.7. The summed E-state index contributed by atoms with van der Waals surface area (Å²) in [6.07, 6.45) is -1.02. The summed E-state index contributed by atoms with van der Waals surface area (Å²) < 4.78 is -1.80. The highest BCUT2D eigenvalue weighted by atomic mass is 35.6. The second-order valence-electron chi connectivity index (χ2n) is 4.43. The van der Waals surface area contributed by atoms with Gasteiger partial charge in [-0.05, 0) is 30.4 Å². The first-order valence-corrected chi connectivity index (χ1v) is 7.89. The smallest absolute Gasteiger partial charge is 0.318 e. The first-order valence-electron chi connectivity index (χ1n) is 5.97. The van der Waals surface area contributed by atoms with Gasteiger partial charge in [0.15, 0.2) is 11.3 Å². The van der Waals surface area contributed by atoms with Gasteiger partial charge < -0.3 is 20.9 Å². The summed E-state index contributed by atoms with van der Waals surface area (Å²) in [7, 11) is 3.13. The third-order valence-electron chi connectivity index (χ3n) is 2.36. The van der Waals surface area contributed by atoms with Crippen LogP contribution in [0.1, 0.15) is 0 Å². The van der Waals surface area contributed by atoms with E-state index in [-0.39, 0.29) is 5.11 Å². The molecule has 5 nitrogen and oxygen atoms in total. The van der Waals surface area contributed by atoms with Gasteiger partial charge in [0.05, 0.1) is 0 Å². The van der Waals surface area contributed by atoms with Crippen LogP contribution in [0.15, 0.2) is 24.3 Å². The zero-order chi connectivity index (χ0) is 16.9. The monoisotopic (exact) mass is 402 g/mol. The lowest BCUT2D eigenvalue weighted by Gasteiger charge is -2.28. The van der Waals surface area contributed by atoms with Crippen LogP contribution in [0.5, 0.6) is 0 Å². The average Bonchev–Trinajstić information content (AvgIpc) is 2.36. The van der Waals surface area contributed by atoms with Crippen LogP contribution >= 0.6 is 58.6 Å². The lowest BCUT2D eigenvalue weighted by molar-refractivity contribution is 0.212. The van der Waals surface area contributed by atoms with Crippen LogP contribution in [0.4, 0.5) is 10.5 Å². The molecule has 0 bridgehead atoms. The minimum absolute atomic E-state index is 0.164. The Bertz CT molecular complexity index is 550. The number of nitrogens with one attached hydrogen (secondary N) is 3. The molecule has 10 heteroatoms. The number of amides is 2. The van der Waals surface area contributed by atoms with Gasteiger partial charge in [-0.3, -0.25) is 0 Å². The number of carbonyl (C=O) groups excluding carboxylic acids is 1. The van der Waals surface area contributed by atoms with E-state index in [1.807, 2.05) is 0 Å². The Morgan fingerprint density at radius 3 is 2.41 bits per heavy atom. The second-order valence-corrected chi connectivity index (χ2v) is 7.64. The number of hydrogen-bond acceptors (Lipinski definition) is 2. The first kappa shape index (κ1) is 19.4. The fourth-order valence-electron chi connectivity index (χ4n) is 1.32. The zero-order valence-corrected chi connectivity index (χ0v) is 15.5. The molecule has 1 atom stereocenters.